The highest BCUT2D eigenvalue weighted by Crippen LogP contribution is 2.51. The first kappa shape index (κ1) is 17.1. The Balaban J connectivity index is 4.97. The van der Waals surface area contributed by atoms with E-state index in [0.29, 0.717) is 5.04 Å². The van der Waals surface area contributed by atoms with Gasteiger partial charge in [0.15, 0.2) is 9.76 Å². The first-order valence-corrected chi connectivity index (χ1v) is 12.4. The Morgan fingerprint density at radius 1 is 1.24 bits per heavy atom. The van der Waals surface area contributed by atoms with Crippen molar-refractivity contribution in [1.82, 2.24) is 0 Å². The molecule has 0 rings (SSSR count). The van der Waals surface area contributed by atoms with Gasteiger partial charge in [-0.05, 0) is 31.2 Å². The predicted molar refractivity (Wildman–Crippen MR) is 85.3 cm³/mol. The predicted octanol–water partition coefficient (Wildman–Crippen LogP) is 4.37. The van der Waals surface area contributed by atoms with Crippen LogP contribution in [-0.4, -0.2) is 23.4 Å². The van der Waals surface area contributed by atoms with Crippen molar-refractivity contribution >= 4 is 17.8 Å². The third-order valence-electron chi connectivity index (χ3n) is 4.72. The first-order chi connectivity index (χ1) is 7.62. The maximum atomic E-state index is 6.31. The highest BCUT2D eigenvalue weighted by molar-refractivity contribution is 6.79. The summed E-state index contributed by atoms with van der Waals surface area (Å²) in [5.74, 6) is 0. The molecule has 0 fully saturated rings. The molecule has 0 bridgehead atoms. The number of unbranched alkanes of at least 4 members (excludes halogenated alkanes) is 1. The second-order valence-electron chi connectivity index (χ2n) is 6.72. The van der Waals surface area contributed by atoms with Gasteiger partial charge >= 0.3 is 0 Å². The summed E-state index contributed by atoms with van der Waals surface area (Å²) in [6.45, 7) is 20.6. The van der Waals surface area contributed by atoms with E-state index in [9.17, 15) is 0 Å². The topological polar surface area (TPSA) is 9.23 Å². The van der Waals surface area contributed by atoms with Crippen molar-refractivity contribution in [2.75, 3.05) is 0 Å². The maximum Gasteiger partial charge on any atom is 0.159 e. The molecular formula is C14H32OSi2. The molecule has 17 heavy (non-hydrogen) atoms. The molecule has 1 nitrogen and oxygen atoms in total. The van der Waals surface area contributed by atoms with E-state index in [4.69, 9.17) is 4.43 Å². The Kier molecular flexibility index (Phi) is 6.39. The van der Waals surface area contributed by atoms with Crippen molar-refractivity contribution in [3.63, 3.8) is 0 Å². The van der Waals surface area contributed by atoms with E-state index >= 15 is 0 Å². The van der Waals surface area contributed by atoms with E-state index < -0.39 is 8.07 Å². The Morgan fingerprint density at radius 2 is 1.76 bits per heavy atom. The van der Waals surface area contributed by atoms with Crippen molar-refractivity contribution in [3.8, 4) is 0 Å². The van der Waals surface area contributed by atoms with Gasteiger partial charge < -0.3 is 4.43 Å². The molecule has 1 atom stereocenters. The summed E-state index contributed by atoms with van der Waals surface area (Å²) in [4.78, 5) is 0. The minimum absolute atomic E-state index is 0.0570. The smallest absolute Gasteiger partial charge is 0.159 e. The molecule has 0 heterocycles. The zero-order valence-corrected chi connectivity index (χ0v) is 15.4. The van der Waals surface area contributed by atoms with Crippen LogP contribution in [0.5, 0.6) is 0 Å². The summed E-state index contributed by atoms with van der Waals surface area (Å²) >= 11 is 0. The van der Waals surface area contributed by atoms with Gasteiger partial charge in [-0.15, -0.1) is 6.58 Å². The second-order valence-corrected chi connectivity index (χ2v) is 13.3. The average Bonchev–Trinajstić information content (AvgIpc) is 2.16. The molecule has 0 aromatic heterocycles. The summed E-state index contributed by atoms with van der Waals surface area (Å²) in [7, 11) is -1.61. The van der Waals surface area contributed by atoms with E-state index in [1.807, 2.05) is 6.08 Å². The average molecular weight is 273 g/mol. The summed E-state index contributed by atoms with van der Waals surface area (Å²) in [5, 5.41) is 0.310. The molecule has 0 aromatic rings. The van der Waals surface area contributed by atoms with E-state index in [2.05, 4.69) is 53.5 Å². The standard InChI is InChI=1S/C14H32OSi2/c1-9-10-11-12-14(4,15-16-5)13(2,3)17(6,7)8/h9H,1,10-12,16H2,2-8H3. The van der Waals surface area contributed by atoms with Gasteiger partial charge in [-0.1, -0.05) is 46.1 Å². The minimum atomic E-state index is -1.25. The summed E-state index contributed by atoms with van der Waals surface area (Å²) in [5.41, 5.74) is 0.0570. The number of hydrogen-bond acceptors (Lipinski definition) is 1. The molecule has 0 amide bonds. The first-order valence-electron chi connectivity index (χ1n) is 6.87. The summed E-state index contributed by atoms with van der Waals surface area (Å²) in [6.07, 6.45) is 5.48. The van der Waals surface area contributed by atoms with Crippen LogP contribution in [0.1, 0.15) is 40.0 Å². The molecule has 0 N–H and O–H groups in total. The largest absolute Gasteiger partial charge is 0.419 e. The Labute approximate surface area is 112 Å². The fourth-order valence-corrected chi connectivity index (χ4v) is 5.33. The third-order valence-corrected chi connectivity index (χ3v) is 9.93. The Morgan fingerprint density at radius 3 is 2.12 bits per heavy atom. The molecule has 0 spiro atoms. The van der Waals surface area contributed by atoms with Crippen molar-refractivity contribution in [3.05, 3.63) is 12.7 Å². The molecule has 0 aliphatic carbocycles. The molecule has 0 radical (unpaired) electrons. The van der Waals surface area contributed by atoms with Crippen LogP contribution in [-0.2, 0) is 4.43 Å². The Hall–Kier alpha value is 0.134. The van der Waals surface area contributed by atoms with Crippen LogP contribution < -0.4 is 0 Å². The molecule has 0 saturated carbocycles. The molecule has 0 aliphatic rings. The van der Waals surface area contributed by atoms with Gasteiger partial charge in [0.05, 0.1) is 13.7 Å². The van der Waals surface area contributed by atoms with Crippen molar-refractivity contribution in [1.29, 1.82) is 0 Å². The van der Waals surface area contributed by atoms with Gasteiger partial charge in [-0.3, -0.25) is 0 Å². The highest BCUT2D eigenvalue weighted by atomic mass is 28.3. The zero-order valence-electron chi connectivity index (χ0n) is 13.0. The normalized spacial score (nSPS) is 17.4. The SMILES string of the molecule is C=CCCCC(C)(O[SiH2]C)C(C)(C)[Si](C)(C)C. The molecule has 102 valence electrons. The van der Waals surface area contributed by atoms with E-state index in [1.54, 1.807) is 0 Å². The lowest BCUT2D eigenvalue weighted by Crippen LogP contribution is -2.52. The third kappa shape index (κ3) is 4.07. The fourth-order valence-electron chi connectivity index (χ4n) is 2.26. The fraction of sp³-hybridized carbons (Fsp3) is 0.857. The number of allylic oxidation sites excluding steroid dienone is 1. The highest BCUT2D eigenvalue weighted by Gasteiger charge is 2.49. The van der Waals surface area contributed by atoms with Crippen LogP contribution in [0.25, 0.3) is 0 Å². The molecular weight excluding hydrogens is 240 g/mol. The number of rotatable bonds is 8. The van der Waals surface area contributed by atoms with E-state index in [1.165, 1.54) is 6.42 Å². The van der Waals surface area contributed by atoms with Crippen molar-refractivity contribution in [2.24, 2.45) is 0 Å². The lowest BCUT2D eigenvalue weighted by molar-refractivity contribution is 0.0394. The molecule has 0 saturated heterocycles. The lowest BCUT2D eigenvalue weighted by atomic mass is 9.86. The monoisotopic (exact) mass is 272 g/mol. The summed E-state index contributed by atoms with van der Waals surface area (Å²) in [6, 6.07) is 0. The maximum absolute atomic E-state index is 6.31. The quantitative estimate of drug-likeness (QED) is 0.362. The van der Waals surface area contributed by atoms with Crippen LogP contribution in [0, 0.1) is 0 Å². The zero-order chi connectivity index (χ0) is 13.7. The number of hydrogen-bond donors (Lipinski definition) is 0. The summed E-state index contributed by atoms with van der Waals surface area (Å²) < 4.78 is 6.31. The van der Waals surface area contributed by atoms with Gasteiger partial charge in [0.25, 0.3) is 0 Å². The van der Waals surface area contributed by atoms with Crippen LogP contribution in [0.4, 0.5) is 0 Å². The van der Waals surface area contributed by atoms with E-state index in [0.717, 1.165) is 12.8 Å². The Bertz CT molecular complexity index is 243. The van der Waals surface area contributed by atoms with Crippen molar-refractivity contribution < 1.29 is 4.43 Å². The van der Waals surface area contributed by atoms with Crippen LogP contribution in [0.2, 0.25) is 31.2 Å². The van der Waals surface area contributed by atoms with E-state index in [-0.39, 0.29) is 15.4 Å². The van der Waals surface area contributed by atoms with Crippen LogP contribution in [0.15, 0.2) is 12.7 Å². The molecule has 0 aromatic carbocycles. The minimum Gasteiger partial charge on any atom is -0.419 e. The van der Waals surface area contributed by atoms with Gasteiger partial charge in [0, 0.05) is 0 Å². The van der Waals surface area contributed by atoms with Gasteiger partial charge in [0.2, 0.25) is 0 Å². The van der Waals surface area contributed by atoms with Crippen molar-refractivity contribution in [2.45, 2.75) is 76.9 Å². The van der Waals surface area contributed by atoms with Gasteiger partial charge in [-0.2, -0.15) is 0 Å². The van der Waals surface area contributed by atoms with Gasteiger partial charge in [-0.25, -0.2) is 0 Å². The molecule has 0 aliphatic heterocycles. The van der Waals surface area contributed by atoms with Crippen LogP contribution in [0.3, 0.4) is 0 Å². The van der Waals surface area contributed by atoms with Crippen LogP contribution >= 0.6 is 0 Å². The van der Waals surface area contributed by atoms with Gasteiger partial charge in [0.1, 0.15) is 0 Å². The molecule has 3 heteroatoms. The second kappa shape index (κ2) is 6.34. The molecule has 1 unspecified atom stereocenters. The lowest BCUT2D eigenvalue weighted by Gasteiger charge is -2.51.